The number of thiol groups is 1. The highest BCUT2D eigenvalue weighted by molar-refractivity contribution is 8.34. The Labute approximate surface area is 139 Å². The number of ether oxygens (including phenoxy) is 2. The second-order valence-electron chi connectivity index (χ2n) is 6.79. The average Bonchev–Trinajstić information content (AvgIpc) is 2.25. The zero-order valence-corrected chi connectivity index (χ0v) is 16.8. The van der Waals surface area contributed by atoms with Crippen molar-refractivity contribution in [3.63, 3.8) is 0 Å². The first-order chi connectivity index (χ1) is 9.76. The molecular formula is C16H32O4S2. The van der Waals surface area contributed by atoms with Crippen molar-refractivity contribution < 1.29 is 18.5 Å². The molecule has 0 aromatic heterocycles. The van der Waals surface area contributed by atoms with Crippen molar-refractivity contribution in [3.8, 4) is 5.69 Å². The molecule has 0 aliphatic carbocycles. The van der Waals surface area contributed by atoms with Gasteiger partial charge in [-0.05, 0) is 46.0 Å². The van der Waals surface area contributed by atoms with Gasteiger partial charge in [-0.15, -0.1) is 5.69 Å². The number of hydrogen-bond donors (Lipinski definition) is 1. The standard InChI is InChI=1S/C16H32O4S2/c1-11-18-14(17)19-13(2)12-15(3,4)22(9,10)16(5,6)20-21(7)8/h7,11,13,21H,1,12H2,2-6,8-10H3. The molecule has 0 aromatic carbocycles. The smallest absolute Gasteiger partial charge is 0.431 e. The van der Waals surface area contributed by atoms with E-state index >= 15 is 0 Å². The summed E-state index contributed by atoms with van der Waals surface area (Å²) < 4.78 is 15.8. The molecule has 2 unspecified atom stereocenters. The molecule has 0 aromatic rings. The third kappa shape index (κ3) is 5.58. The van der Waals surface area contributed by atoms with E-state index in [1.54, 1.807) is 0 Å². The number of carbonyl (C=O) groups excluding carboxylic acids is 1. The van der Waals surface area contributed by atoms with Crippen molar-refractivity contribution in [2.24, 2.45) is 0 Å². The van der Waals surface area contributed by atoms with Gasteiger partial charge in [-0.1, -0.05) is 31.0 Å². The van der Waals surface area contributed by atoms with Crippen molar-refractivity contribution >= 4 is 26.8 Å². The van der Waals surface area contributed by atoms with Gasteiger partial charge in [-0.2, -0.15) is 0 Å². The number of hydrogen-bond acceptors (Lipinski definition) is 4. The molecule has 0 amide bonds. The van der Waals surface area contributed by atoms with Crippen molar-refractivity contribution in [1.82, 2.24) is 0 Å². The minimum Gasteiger partial charge on any atom is -0.431 e. The fourth-order valence-corrected chi connectivity index (χ4v) is 6.08. The Morgan fingerprint density at radius 1 is 1.36 bits per heavy atom. The third-order valence-electron chi connectivity index (χ3n) is 4.23. The summed E-state index contributed by atoms with van der Waals surface area (Å²) in [7, 11) is -2.15. The van der Waals surface area contributed by atoms with Gasteiger partial charge in [0.15, 0.2) is 0 Å². The van der Waals surface area contributed by atoms with Gasteiger partial charge >= 0.3 is 6.16 Å². The highest BCUT2D eigenvalue weighted by Crippen LogP contribution is 2.65. The summed E-state index contributed by atoms with van der Waals surface area (Å²) in [6, 6.07) is 0. The van der Waals surface area contributed by atoms with Crippen LogP contribution < -0.4 is 0 Å². The van der Waals surface area contributed by atoms with Gasteiger partial charge in [0, 0.05) is 4.75 Å². The summed E-state index contributed by atoms with van der Waals surface area (Å²) in [5.41, 5.74) is 5.88. The maximum atomic E-state index is 11.4. The van der Waals surface area contributed by atoms with Gasteiger partial charge in [0.2, 0.25) is 0 Å². The molecule has 2 atom stereocenters. The lowest BCUT2D eigenvalue weighted by molar-refractivity contribution is 0.0475. The zero-order chi connectivity index (χ0) is 17.8. The maximum Gasteiger partial charge on any atom is 0.513 e. The van der Waals surface area contributed by atoms with Gasteiger partial charge in [0.1, 0.15) is 11.0 Å². The van der Waals surface area contributed by atoms with E-state index in [0.717, 1.165) is 6.26 Å². The Balaban J connectivity index is 5.08. The fourth-order valence-electron chi connectivity index (χ4n) is 2.31. The van der Waals surface area contributed by atoms with Crippen LogP contribution in [0.2, 0.25) is 0 Å². The van der Waals surface area contributed by atoms with Gasteiger partial charge in [-0.25, -0.2) is 14.8 Å². The van der Waals surface area contributed by atoms with Crippen molar-refractivity contribution in [2.45, 2.75) is 56.8 Å². The van der Waals surface area contributed by atoms with E-state index < -0.39 is 26.8 Å². The third-order valence-corrected chi connectivity index (χ3v) is 10.6. The normalized spacial score (nSPS) is 16.5. The lowest BCUT2D eigenvalue weighted by atomic mass is 10.1. The largest absolute Gasteiger partial charge is 0.513 e. The molecule has 0 N–H and O–H groups in total. The van der Waals surface area contributed by atoms with Crippen molar-refractivity contribution in [1.29, 1.82) is 0 Å². The predicted molar refractivity (Wildman–Crippen MR) is 100 cm³/mol. The molecule has 0 heterocycles. The van der Waals surface area contributed by atoms with Crippen LogP contribution in [0.5, 0.6) is 0 Å². The first-order valence-corrected chi connectivity index (χ1v) is 11.4. The van der Waals surface area contributed by atoms with Crippen LogP contribution in [-0.4, -0.2) is 40.7 Å². The highest BCUT2D eigenvalue weighted by atomic mass is 32.3. The Morgan fingerprint density at radius 3 is 2.27 bits per heavy atom. The summed E-state index contributed by atoms with van der Waals surface area (Å²) in [6.07, 6.45) is 7.17. The molecule has 0 saturated carbocycles. The number of rotatable bonds is 7. The second-order valence-corrected chi connectivity index (χ2v) is 12.8. The van der Waals surface area contributed by atoms with E-state index in [0.29, 0.717) is 6.42 Å². The van der Waals surface area contributed by atoms with E-state index in [4.69, 9.17) is 14.6 Å². The molecule has 6 heteroatoms. The molecule has 0 fully saturated rings. The van der Waals surface area contributed by atoms with Crippen LogP contribution in [0.3, 0.4) is 0 Å². The van der Waals surface area contributed by atoms with Crippen LogP contribution in [0, 0.1) is 5.69 Å². The maximum absolute atomic E-state index is 11.4. The SMILES string of the molecule is C#[SH](C)OC(C)(C)S(C)(C)C(C)(C)CC(C)OC(=O)OC=C. The molecule has 0 rings (SSSR count). The summed E-state index contributed by atoms with van der Waals surface area (Å²) in [5, 5.41) is 0. The Kier molecular flexibility index (Phi) is 7.63. The van der Waals surface area contributed by atoms with E-state index in [1.165, 1.54) is 0 Å². The Bertz CT molecular complexity index is 472. The zero-order valence-electron chi connectivity index (χ0n) is 15.1. The first-order valence-electron chi connectivity index (χ1n) is 7.15. The van der Waals surface area contributed by atoms with E-state index in [-0.39, 0.29) is 15.8 Å². The lowest BCUT2D eigenvalue weighted by Gasteiger charge is -2.56. The summed E-state index contributed by atoms with van der Waals surface area (Å²) >= 11 is 0. The predicted octanol–water partition coefficient (Wildman–Crippen LogP) is 4.79. The quantitative estimate of drug-likeness (QED) is 0.406. The molecule has 0 radical (unpaired) electrons. The summed E-state index contributed by atoms with van der Waals surface area (Å²) in [4.78, 5) is 11.1. The average molecular weight is 353 g/mol. The van der Waals surface area contributed by atoms with Gasteiger partial charge in [0.25, 0.3) is 0 Å². The van der Waals surface area contributed by atoms with E-state index in [2.05, 4.69) is 51.5 Å². The number of carbonyl (C=O) groups is 1. The van der Waals surface area contributed by atoms with Crippen LogP contribution in [0.4, 0.5) is 4.79 Å². The van der Waals surface area contributed by atoms with Crippen LogP contribution >= 0.6 is 20.6 Å². The molecule has 132 valence electrons. The van der Waals surface area contributed by atoms with Crippen molar-refractivity contribution in [2.75, 3.05) is 18.8 Å². The second kappa shape index (κ2) is 7.82. The topological polar surface area (TPSA) is 44.8 Å². The Morgan fingerprint density at radius 2 is 1.86 bits per heavy atom. The monoisotopic (exact) mass is 352 g/mol. The van der Waals surface area contributed by atoms with Crippen molar-refractivity contribution in [3.05, 3.63) is 12.8 Å². The first kappa shape index (κ1) is 21.4. The van der Waals surface area contributed by atoms with Gasteiger partial charge in [-0.3, -0.25) is 0 Å². The molecule has 4 nitrogen and oxygen atoms in total. The molecular weight excluding hydrogens is 320 g/mol. The Hall–Kier alpha value is -0.550. The minimum absolute atomic E-state index is 0.0737. The van der Waals surface area contributed by atoms with Gasteiger partial charge in [0.05, 0.1) is 6.26 Å². The lowest BCUT2D eigenvalue weighted by Crippen LogP contribution is -2.43. The van der Waals surface area contributed by atoms with E-state index in [9.17, 15) is 4.79 Å². The molecule has 0 bridgehead atoms. The summed E-state index contributed by atoms with van der Waals surface area (Å²) in [5.74, 6) is 0. The fraction of sp³-hybridized carbons (Fsp3) is 0.750. The summed E-state index contributed by atoms with van der Waals surface area (Å²) in [6.45, 7) is 13.7. The van der Waals surface area contributed by atoms with Gasteiger partial charge < -0.3 is 13.7 Å². The molecule has 0 aliphatic heterocycles. The molecule has 22 heavy (non-hydrogen) atoms. The minimum atomic E-state index is -1.21. The van der Waals surface area contributed by atoms with Crippen LogP contribution in [-0.2, 0) is 13.7 Å². The van der Waals surface area contributed by atoms with E-state index in [1.807, 2.05) is 13.2 Å². The molecule has 0 spiro atoms. The van der Waals surface area contributed by atoms with Crippen LogP contribution in [0.15, 0.2) is 12.8 Å². The molecule has 0 aliphatic rings. The van der Waals surface area contributed by atoms with Crippen LogP contribution in [0.1, 0.15) is 41.0 Å². The van der Waals surface area contributed by atoms with Crippen LogP contribution in [0.25, 0.3) is 0 Å². The molecule has 0 saturated heterocycles. The highest BCUT2D eigenvalue weighted by Gasteiger charge is 2.45.